The van der Waals surface area contributed by atoms with Crippen LogP contribution in [0, 0.1) is 5.92 Å². The van der Waals surface area contributed by atoms with Gasteiger partial charge in [-0.15, -0.1) is 0 Å². The first-order valence-electron chi connectivity index (χ1n) is 7.07. The van der Waals surface area contributed by atoms with E-state index in [1.807, 2.05) is 38.1 Å². The Morgan fingerprint density at radius 1 is 1.29 bits per heavy atom. The van der Waals surface area contributed by atoms with E-state index < -0.39 is 0 Å². The fraction of sp³-hybridized carbons (Fsp3) is 0.375. The summed E-state index contributed by atoms with van der Waals surface area (Å²) in [5.41, 5.74) is 1.50. The fourth-order valence-corrected chi connectivity index (χ4v) is 2.12. The van der Waals surface area contributed by atoms with Gasteiger partial charge in [0.15, 0.2) is 0 Å². The molecule has 0 aliphatic rings. The van der Waals surface area contributed by atoms with Gasteiger partial charge in [0.2, 0.25) is 5.91 Å². The van der Waals surface area contributed by atoms with Crippen LogP contribution in [-0.4, -0.2) is 41.8 Å². The van der Waals surface area contributed by atoms with Crippen LogP contribution in [-0.2, 0) is 4.79 Å². The van der Waals surface area contributed by atoms with Crippen molar-refractivity contribution in [2.24, 2.45) is 5.92 Å². The maximum absolute atomic E-state index is 12.4. The van der Waals surface area contributed by atoms with E-state index in [1.54, 1.807) is 13.2 Å². The predicted octanol–water partition coefficient (Wildman–Crippen LogP) is 2.01. The summed E-state index contributed by atoms with van der Waals surface area (Å²) >= 11 is 0. The van der Waals surface area contributed by atoms with Crippen LogP contribution in [0.15, 0.2) is 30.5 Å². The average molecular weight is 287 g/mol. The van der Waals surface area contributed by atoms with Crippen molar-refractivity contribution in [2.45, 2.75) is 13.8 Å². The Hall–Kier alpha value is -2.30. The van der Waals surface area contributed by atoms with Crippen LogP contribution in [0.5, 0.6) is 0 Å². The number of H-pyrrole nitrogens is 1. The molecule has 1 aromatic heterocycles. The smallest absolute Gasteiger partial charge is 0.256 e. The number of benzene rings is 1. The molecular formula is C16H21N3O2. The summed E-state index contributed by atoms with van der Waals surface area (Å²) in [5.74, 6) is 0.0927. The highest BCUT2D eigenvalue weighted by Crippen LogP contribution is 2.18. The van der Waals surface area contributed by atoms with Gasteiger partial charge in [-0.3, -0.25) is 9.59 Å². The number of para-hydroxylation sites is 1. The van der Waals surface area contributed by atoms with Crippen molar-refractivity contribution < 1.29 is 9.59 Å². The molecule has 0 spiro atoms. The van der Waals surface area contributed by atoms with Gasteiger partial charge in [0.05, 0.1) is 12.1 Å². The van der Waals surface area contributed by atoms with E-state index in [0.717, 1.165) is 10.9 Å². The molecule has 5 nitrogen and oxygen atoms in total. The zero-order valence-corrected chi connectivity index (χ0v) is 12.6. The quantitative estimate of drug-likeness (QED) is 0.883. The Kier molecular flexibility index (Phi) is 4.62. The van der Waals surface area contributed by atoms with Crippen molar-refractivity contribution >= 4 is 22.7 Å². The zero-order chi connectivity index (χ0) is 15.4. The number of fused-ring (bicyclic) bond motifs is 1. The fourth-order valence-electron chi connectivity index (χ4n) is 2.12. The van der Waals surface area contributed by atoms with Gasteiger partial charge in [-0.05, 0) is 12.0 Å². The van der Waals surface area contributed by atoms with Gasteiger partial charge >= 0.3 is 0 Å². The van der Waals surface area contributed by atoms with E-state index >= 15 is 0 Å². The lowest BCUT2D eigenvalue weighted by Crippen LogP contribution is -2.39. The van der Waals surface area contributed by atoms with Crippen LogP contribution in [0.2, 0.25) is 0 Å². The van der Waals surface area contributed by atoms with Gasteiger partial charge in [0.1, 0.15) is 0 Å². The summed E-state index contributed by atoms with van der Waals surface area (Å²) in [4.78, 5) is 28.7. The topological polar surface area (TPSA) is 65.2 Å². The third-order valence-electron chi connectivity index (χ3n) is 3.25. The first-order chi connectivity index (χ1) is 9.99. The number of rotatable bonds is 5. The number of nitrogens with zero attached hydrogens (tertiary/aromatic N) is 1. The summed E-state index contributed by atoms with van der Waals surface area (Å²) in [5, 5.41) is 3.68. The highest BCUT2D eigenvalue weighted by Gasteiger charge is 2.18. The van der Waals surface area contributed by atoms with Gasteiger partial charge in [0.25, 0.3) is 5.91 Å². The molecule has 0 atom stereocenters. The molecule has 0 saturated heterocycles. The number of hydrogen-bond acceptors (Lipinski definition) is 2. The third-order valence-corrected chi connectivity index (χ3v) is 3.25. The third kappa shape index (κ3) is 3.62. The Bertz CT molecular complexity index is 646. The van der Waals surface area contributed by atoms with Gasteiger partial charge in [0, 0.05) is 30.7 Å². The summed E-state index contributed by atoms with van der Waals surface area (Å²) in [6.07, 6.45) is 1.69. The molecule has 21 heavy (non-hydrogen) atoms. The lowest BCUT2D eigenvalue weighted by molar-refractivity contribution is -0.121. The molecule has 2 amide bonds. The Morgan fingerprint density at radius 3 is 2.71 bits per heavy atom. The number of aromatic nitrogens is 1. The van der Waals surface area contributed by atoms with Gasteiger partial charge < -0.3 is 15.2 Å². The first kappa shape index (κ1) is 15.1. The lowest BCUT2D eigenvalue weighted by Gasteiger charge is -2.17. The summed E-state index contributed by atoms with van der Waals surface area (Å²) in [6, 6.07) is 7.62. The zero-order valence-electron chi connectivity index (χ0n) is 12.6. The van der Waals surface area contributed by atoms with E-state index in [0.29, 0.717) is 18.0 Å². The average Bonchev–Trinajstić information content (AvgIpc) is 2.88. The molecule has 0 unspecified atom stereocenters. The summed E-state index contributed by atoms with van der Waals surface area (Å²) in [7, 11) is 1.64. The van der Waals surface area contributed by atoms with Crippen LogP contribution >= 0.6 is 0 Å². The molecule has 0 bridgehead atoms. The SMILES string of the molecule is CC(C)CNC(=O)CN(C)C(=O)c1c[nH]c2ccccc12. The van der Waals surface area contributed by atoms with E-state index in [2.05, 4.69) is 10.3 Å². The van der Waals surface area contributed by atoms with Crippen LogP contribution in [0.1, 0.15) is 24.2 Å². The number of amides is 2. The molecule has 1 heterocycles. The second kappa shape index (κ2) is 6.43. The highest BCUT2D eigenvalue weighted by molar-refractivity contribution is 6.07. The number of likely N-dealkylation sites (N-methyl/N-ethyl adjacent to an activating group) is 1. The number of hydrogen-bond donors (Lipinski definition) is 2. The molecule has 0 aliphatic carbocycles. The van der Waals surface area contributed by atoms with E-state index in [4.69, 9.17) is 0 Å². The Balaban J connectivity index is 2.04. The Labute approximate surface area is 124 Å². The molecule has 2 rings (SSSR count). The molecule has 1 aromatic carbocycles. The van der Waals surface area contributed by atoms with Crippen molar-refractivity contribution in [1.29, 1.82) is 0 Å². The van der Waals surface area contributed by atoms with E-state index in [-0.39, 0.29) is 18.4 Å². The molecule has 0 aliphatic heterocycles. The monoisotopic (exact) mass is 287 g/mol. The number of aromatic amines is 1. The van der Waals surface area contributed by atoms with Gasteiger partial charge in [-0.25, -0.2) is 0 Å². The number of nitrogens with one attached hydrogen (secondary N) is 2. The minimum absolute atomic E-state index is 0.0606. The van der Waals surface area contributed by atoms with Gasteiger partial charge in [-0.1, -0.05) is 32.0 Å². The molecule has 2 N–H and O–H groups in total. The normalized spacial score (nSPS) is 10.9. The molecule has 0 saturated carbocycles. The molecule has 112 valence electrons. The minimum atomic E-state index is -0.160. The van der Waals surface area contributed by atoms with Crippen molar-refractivity contribution in [2.75, 3.05) is 20.1 Å². The molecule has 2 aromatic rings. The van der Waals surface area contributed by atoms with E-state index in [9.17, 15) is 9.59 Å². The Morgan fingerprint density at radius 2 is 2.00 bits per heavy atom. The molecule has 5 heteroatoms. The maximum Gasteiger partial charge on any atom is 0.256 e. The molecule has 0 radical (unpaired) electrons. The highest BCUT2D eigenvalue weighted by atomic mass is 16.2. The van der Waals surface area contributed by atoms with E-state index in [1.165, 1.54) is 4.90 Å². The molecule has 0 fully saturated rings. The number of carbonyl (C=O) groups is 2. The van der Waals surface area contributed by atoms with Crippen LogP contribution in [0.3, 0.4) is 0 Å². The predicted molar refractivity (Wildman–Crippen MR) is 83.1 cm³/mol. The van der Waals surface area contributed by atoms with Crippen molar-refractivity contribution in [3.05, 3.63) is 36.0 Å². The summed E-state index contributed by atoms with van der Waals surface area (Å²) < 4.78 is 0. The largest absolute Gasteiger partial charge is 0.360 e. The second-order valence-electron chi connectivity index (χ2n) is 5.61. The van der Waals surface area contributed by atoms with Crippen molar-refractivity contribution in [1.82, 2.24) is 15.2 Å². The van der Waals surface area contributed by atoms with Crippen LogP contribution in [0.25, 0.3) is 10.9 Å². The van der Waals surface area contributed by atoms with Crippen LogP contribution < -0.4 is 5.32 Å². The van der Waals surface area contributed by atoms with Gasteiger partial charge in [-0.2, -0.15) is 0 Å². The lowest BCUT2D eigenvalue weighted by atomic mass is 10.1. The maximum atomic E-state index is 12.4. The second-order valence-corrected chi connectivity index (χ2v) is 5.61. The minimum Gasteiger partial charge on any atom is -0.360 e. The first-order valence-corrected chi connectivity index (χ1v) is 7.07. The van der Waals surface area contributed by atoms with Crippen LogP contribution in [0.4, 0.5) is 0 Å². The van der Waals surface area contributed by atoms with Crippen molar-refractivity contribution in [3.8, 4) is 0 Å². The number of carbonyl (C=O) groups excluding carboxylic acids is 2. The standard InChI is InChI=1S/C16H21N3O2/c1-11(2)8-18-15(20)10-19(3)16(21)13-9-17-14-7-5-4-6-12(13)14/h4-7,9,11,17H,8,10H2,1-3H3,(H,18,20). The van der Waals surface area contributed by atoms with Crippen molar-refractivity contribution in [3.63, 3.8) is 0 Å². The summed E-state index contributed by atoms with van der Waals surface area (Å²) in [6.45, 7) is 4.74. The molecular weight excluding hydrogens is 266 g/mol.